The molecule has 1 saturated heterocycles. The number of amides is 2. The van der Waals surface area contributed by atoms with Crippen LogP contribution >= 0.6 is 0 Å². The molecule has 2 amide bonds. The molecule has 0 unspecified atom stereocenters. The molecule has 1 N–H and O–H groups in total. The van der Waals surface area contributed by atoms with Crippen molar-refractivity contribution in [3.05, 3.63) is 58.4 Å². The maximum Gasteiger partial charge on any atom is 0.255 e. The summed E-state index contributed by atoms with van der Waals surface area (Å²) >= 11 is 0. The predicted octanol–water partition coefficient (Wildman–Crippen LogP) is 2.86. The summed E-state index contributed by atoms with van der Waals surface area (Å²) < 4.78 is 0. The highest BCUT2D eigenvalue weighted by Gasteiger charge is 2.24. The second kappa shape index (κ2) is 7.77. The van der Waals surface area contributed by atoms with Crippen molar-refractivity contribution in [1.29, 1.82) is 0 Å². The molecule has 138 valence electrons. The van der Waals surface area contributed by atoms with E-state index in [9.17, 15) is 9.59 Å². The average Bonchev–Trinajstić information content (AvgIpc) is 2.80. The topological polar surface area (TPSA) is 56.4 Å². The first-order valence-corrected chi connectivity index (χ1v) is 9.23. The van der Waals surface area contributed by atoms with Gasteiger partial charge in [0.25, 0.3) is 5.91 Å². The number of hydrogen-bond acceptors (Lipinski definition) is 2. The van der Waals surface area contributed by atoms with Crippen LogP contribution in [0.3, 0.4) is 0 Å². The number of carbonyl (C=O) groups is 2. The van der Waals surface area contributed by atoms with Crippen molar-refractivity contribution in [2.75, 3.05) is 26.2 Å². The lowest BCUT2D eigenvalue weighted by Gasteiger charge is -2.22. The minimum Gasteiger partial charge on any atom is -0.362 e. The number of nitrogens with zero attached hydrogens (tertiary/aromatic N) is 2. The zero-order valence-corrected chi connectivity index (χ0v) is 15.8. The van der Waals surface area contributed by atoms with Gasteiger partial charge in [-0.25, -0.2) is 0 Å². The SMILES string of the molecule is Cc1cccc(CC(=O)N2CCCN(C(=O)c3cc(C)[nH]c3C)CC2)c1. The van der Waals surface area contributed by atoms with Gasteiger partial charge >= 0.3 is 0 Å². The van der Waals surface area contributed by atoms with Gasteiger partial charge in [0.05, 0.1) is 12.0 Å². The third-order valence-corrected chi connectivity index (χ3v) is 4.95. The van der Waals surface area contributed by atoms with Crippen LogP contribution in [0.25, 0.3) is 0 Å². The number of rotatable bonds is 3. The van der Waals surface area contributed by atoms with Crippen LogP contribution in [-0.4, -0.2) is 52.8 Å². The zero-order chi connectivity index (χ0) is 18.7. The van der Waals surface area contributed by atoms with E-state index in [1.54, 1.807) is 0 Å². The summed E-state index contributed by atoms with van der Waals surface area (Å²) in [5, 5.41) is 0. The number of aromatic amines is 1. The molecule has 5 nitrogen and oxygen atoms in total. The largest absolute Gasteiger partial charge is 0.362 e. The molecule has 0 radical (unpaired) electrons. The second-order valence-corrected chi connectivity index (χ2v) is 7.18. The quantitative estimate of drug-likeness (QED) is 0.922. The van der Waals surface area contributed by atoms with Gasteiger partial charge < -0.3 is 14.8 Å². The van der Waals surface area contributed by atoms with E-state index in [1.165, 1.54) is 5.56 Å². The molecule has 1 aliphatic heterocycles. The van der Waals surface area contributed by atoms with E-state index in [2.05, 4.69) is 11.1 Å². The second-order valence-electron chi connectivity index (χ2n) is 7.18. The first-order chi connectivity index (χ1) is 12.4. The Kier molecular flexibility index (Phi) is 5.45. The fourth-order valence-electron chi connectivity index (χ4n) is 3.59. The molecule has 0 atom stereocenters. The molecule has 2 heterocycles. The summed E-state index contributed by atoms with van der Waals surface area (Å²) in [7, 11) is 0. The van der Waals surface area contributed by atoms with Gasteiger partial charge in [0.1, 0.15) is 0 Å². The van der Waals surface area contributed by atoms with E-state index >= 15 is 0 Å². The van der Waals surface area contributed by atoms with E-state index < -0.39 is 0 Å². The van der Waals surface area contributed by atoms with Gasteiger partial charge in [0.15, 0.2) is 0 Å². The Bertz CT molecular complexity index is 809. The van der Waals surface area contributed by atoms with Crippen molar-refractivity contribution < 1.29 is 9.59 Å². The van der Waals surface area contributed by atoms with Crippen LogP contribution in [-0.2, 0) is 11.2 Å². The van der Waals surface area contributed by atoms with Crippen molar-refractivity contribution >= 4 is 11.8 Å². The van der Waals surface area contributed by atoms with Crippen molar-refractivity contribution in [3.63, 3.8) is 0 Å². The van der Waals surface area contributed by atoms with Crippen LogP contribution in [0.2, 0.25) is 0 Å². The Labute approximate surface area is 155 Å². The highest BCUT2D eigenvalue weighted by Crippen LogP contribution is 2.15. The number of aryl methyl sites for hydroxylation is 3. The maximum atomic E-state index is 12.8. The van der Waals surface area contributed by atoms with Crippen LogP contribution < -0.4 is 0 Å². The Morgan fingerprint density at radius 3 is 2.42 bits per heavy atom. The van der Waals surface area contributed by atoms with Crippen LogP contribution in [0.4, 0.5) is 0 Å². The fraction of sp³-hybridized carbons (Fsp3) is 0.429. The summed E-state index contributed by atoms with van der Waals surface area (Å²) in [6.45, 7) is 8.50. The minimum atomic E-state index is 0.0554. The Morgan fingerprint density at radius 1 is 1.00 bits per heavy atom. The molecule has 0 spiro atoms. The monoisotopic (exact) mass is 353 g/mol. The number of carbonyl (C=O) groups excluding carboxylic acids is 2. The number of nitrogens with one attached hydrogen (secondary N) is 1. The third-order valence-electron chi connectivity index (χ3n) is 4.95. The molecular weight excluding hydrogens is 326 g/mol. The highest BCUT2D eigenvalue weighted by atomic mass is 16.2. The van der Waals surface area contributed by atoms with E-state index in [-0.39, 0.29) is 11.8 Å². The zero-order valence-electron chi connectivity index (χ0n) is 15.8. The Morgan fingerprint density at radius 2 is 1.73 bits per heavy atom. The molecule has 5 heteroatoms. The van der Waals surface area contributed by atoms with Crippen LogP contribution in [0.5, 0.6) is 0 Å². The van der Waals surface area contributed by atoms with Gasteiger partial charge in [0, 0.05) is 37.6 Å². The molecular formula is C21H27N3O2. The fourth-order valence-corrected chi connectivity index (χ4v) is 3.59. The van der Waals surface area contributed by atoms with Gasteiger partial charge in [0.2, 0.25) is 5.91 Å². The molecule has 1 aromatic heterocycles. The van der Waals surface area contributed by atoms with E-state index in [1.807, 2.05) is 54.8 Å². The summed E-state index contributed by atoms with van der Waals surface area (Å²) in [5.41, 5.74) is 4.85. The third kappa shape index (κ3) is 4.15. The van der Waals surface area contributed by atoms with Crippen LogP contribution in [0, 0.1) is 20.8 Å². The van der Waals surface area contributed by atoms with Crippen molar-refractivity contribution in [2.45, 2.75) is 33.6 Å². The molecule has 0 aliphatic carbocycles. The van der Waals surface area contributed by atoms with Gasteiger partial charge in [-0.3, -0.25) is 9.59 Å². The van der Waals surface area contributed by atoms with Gasteiger partial charge in [-0.2, -0.15) is 0 Å². The lowest BCUT2D eigenvalue weighted by molar-refractivity contribution is -0.130. The predicted molar refractivity (Wildman–Crippen MR) is 102 cm³/mol. The maximum absolute atomic E-state index is 12.8. The molecule has 26 heavy (non-hydrogen) atoms. The number of aromatic nitrogens is 1. The van der Waals surface area contributed by atoms with Crippen molar-refractivity contribution in [3.8, 4) is 0 Å². The van der Waals surface area contributed by atoms with Gasteiger partial charge in [-0.1, -0.05) is 29.8 Å². The summed E-state index contributed by atoms with van der Waals surface area (Å²) in [6.07, 6.45) is 1.24. The number of H-pyrrole nitrogens is 1. The first-order valence-electron chi connectivity index (χ1n) is 9.23. The molecule has 2 aromatic rings. The minimum absolute atomic E-state index is 0.0554. The average molecular weight is 353 g/mol. The highest BCUT2D eigenvalue weighted by molar-refractivity contribution is 5.95. The Balaban J connectivity index is 1.61. The molecule has 1 aromatic carbocycles. The van der Waals surface area contributed by atoms with E-state index in [0.29, 0.717) is 32.6 Å². The smallest absolute Gasteiger partial charge is 0.255 e. The van der Waals surface area contributed by atoms with E-state index in [0.717, 1.165) is 28.9 Å². The standard InChI is InChI=1S/C21H27N3O2/c1-15-6-4-7-18(12-15)14-20(25)23-8-5-9-24(11-10-23)21(26)19-13-16(2)22-17(19)3/h4,6-7,12-13,22H,5,8-11,14H2,1-3H3. The molecule has 0 saturated carbocycles. The van der Waals surface area contributed by atoms with E-state index in [4.69, 9.17) is 0 Å². The molecule has 3 rings (SSSR count). The summed E-state index contributed by atoms with van der Waals surface area (Å²) in [6, 6.07) is 9.98. The summed E-state index contributed by atoms with van der Waals surface area (Å²) in [4.78, 5) is 32.4. The van der Waals surface area contributed by atoms with Crippen LogP contribution in [0.15, 0.2) is 30.3 Å². The number of benzene rings is 1. The normalized spacial score (nSPS) is 15.0. The lowest BCUT2D eigenvalue weighted by Crippen LogP contribution is -2.38. The molecule has 0 bridgehead atoms. The van der Waals surface area contributed by atoms with Crippen molar-refractivity contribution in [1.82, 2.24) is 14.8 Å². The number of hydrogen-bond donors (Lipinski definition) is 1. The summed E-state index contributed by atoms with van der Waals surface area (Å²) in [5.74, 6) is 0.193. The van der Waals surface area contributed by atoms with Crippen molar-refractivity contribution in [2.24, 2.45) is 0 Å². The lowest BCUT2D eigenvalue weighted by atomic mass is 10.1. The van der Waals surface area contributed by atoms with Crippen LogP contribution in [0.1, 0.15) is 39.3 Å². The molecule has 1 aliphatic rings. The van der Waals surface area contributed by atoms with Gasteiger partial charge in [-0.15, -0.1) is 0 Å². The Hall–Kier alpha value is -2.56. The molecule has 1 fully saturated rings. The van der Waals surface area contributed by atoms with Gasteiger partial charge in [-0.05, 0) is 38.8 Å². The first kappa shape index (κ1) is 18.2.